The van der Waals surface area contributed by atoms with Crippen LogP contribution in [-0.4, -0.2) is 140 Å². The standard InChI is InChI=1S/C76H135NO13/c1-3-5-7-9-11-13-15-17-19-21-23-25-27-29-30-31-32-33-34-36-38-40-42-44-46-48-50-52-54-56-58-60-68(81)77-64(63-87-75-73(86)71(84)74(67(62-79)89-75)90-76-72(85)70(83)69(82)66(61-78)88-76)65(80)59-57-55-53-51-49-47-45-43-41-39-37-35-28-26-24-22-20-18-16-14-12-10-8-6-4-2/h5,7,11,13,17,19,23,25,29-30,49,51,57,59,64-67,69-76,78-80,82-86H,3-4,6,8-10,12,14-16,18,20-22,24,26-28,31-48,50,52-56,58,60-63H2,1-2H3,(H,77,81)/b7-5-,13-11-,19-17-,25-23-,30-29-,51-49+,59-57+. The van der Waals surface area contributed by atoms with Gasteiger partial charge in [-0.2, -0.15) is 0 Å². The van der Waals surface area contributed by atoms with Gasteiger partial charge in [0.2, 0.25) is 5.91 Å². The number of nitrogens with one attached hydrogen (secondary N) is 1. The summed E-state index contributed by atoms with van der Waals surface area (Å²) in [6, 6.07) is -0.937. The number of amides is 1. The SMILES string of the molecule is CC/C=C\C/C=C\C/C=C\C/C=C\C/C=C\CCCCCCCCCCCCCCCCCC(=O)NC(COC1OC(CO)C(OC2OC(CO)C(O)C(O)C2O)C(O)C1O)C(O)/C=C/CC/C=C/CCCCCCCCCCCCCCCCCCCCC. The fourth-order valence-electron chi connectivity index (χ4n) is 11.7. The topological polar surface area (TPSA) is 228 Å². The fraction of sp³-hybridized carbons (Fsp3) is 0.803. The first kappa shape index (κ1) is 83.3. The molecule has 0 aromatic rings. The smallest absolute Gasteiger partial charge is 0.220 e. The van der Waals surface area contributed by atoms with Gasteiger partial charge in [-0.05, 0) is 77.0 Å². The van der Waals surface area contributed by atoms with E-state index in [1.807, 2.05) is 6.08 Å². The third-order valence-electron chi connectivity index (χ3n) is 17.6. The highest BCUT2D eigenvalue weighted by molar-refractivity contribution is 5.76. The van der Waals surface area contributed by atoms with Gasteiger partial charge >= 0.3 is 0 Å². The van der Waals surface area contributed by atoms with Crippen molar-refractivity contribution in [3.63, 3.8) is 0 Å². The summed E-state index contributed by atoms with van der Waals surface area (Å²) in [7, 11) is 0. The van der Waals surface area contributed by atoms with Crippen molar-refractivity contribution in [1.29, 1.82) is 0 Å². The van der Waals surface area contributed by atoms with Gasteiger partial charge in [0, 0.05) is 6.42 Å². The van der Waals surface area contributed by atoms with E-state index in [1.165, 1.54) is 199 Å². The Morgan fingerprint density at radius 1 is 0.411 bits per heavy atom. The highest BCUT2D eigenvalue weighted by Gasteiger charge is 2.51. The molecule has 12 unspecified atom stereocenters. The first-order valence-corrected chi connectivity index (χ1v) is 36.8. The number of aliphatic hydroxyl groups excluding tert-OH is 8. The van der Waals surface area contributed by atoms with Crippen LogP contribution in [0.1, 0.15) is 296 Å². The molecule has 2 aliphatic heterocycles. The Labute approximate surface area is 548 Å². The molecule has 0 saturated carbocycles. The maximum atomic E-state index is 13.4. The van der Waals surface area contributed by atoms with Crippen LogP contribution in [0.3, 0.4) is 0 Å². The number of hydrogen-bond donors (Lipinski definition) is 9. The van der Waals surface area contributed by atoms with Crippen LogP contribution in [0.5, 0.6) is 0 Å². The molecule has 522 valence electrons. The molecule has 2 saturated heterocycles. The summed E-state index contributed by atoms with van der Waals surface area (Å²) in [6.07, 6.45) is 66.4. The van der Waals surface area contributed by atoms with Crippen molar-refractivity contribution >= 4 is 5.91 Å². The molecule has 0 radical (unpaired) electrons. The molecule has 2 heterocycles. The number of carbonyl (C=O) groups is 1. The number of rotatable bonds is 60. The van der Waals surface area contributed by atoms with E-state index in [0.29, 0.717) is 12.8 Å². The number of allylic oxidation sites excluding steroid dienone is 13. The van der Waals surface area contributed by atoms with Gasteiger partial charge in [-0.15, -0.1) is 0 Å². The van der Waals surface area contributed by atoms with Crippen molar-refractivity contribution in [3.8, 4) is 0 Å². The van der Waals surface area contributed by atoms with Gasteiger partial charge in [0.1, 0.15) is 48.8 Å². The lowest BCUT2D eigenvalue weighted by molar-refractivity contribution is -0.359. The van der Waals surface area contributed by atoms with Crippen LogP contribution in [0.4, 0.5) is 0 Å². The molecule has 14 heteroatoms. The first-order chi connectivity index (χ1) is 44.1. The zero-order valence-corrected chi connectivity index (χ0v) is 56.9. The average molecular weight is 1270 g/mol. The normalized spacial score (nSPS) is 23.4. The zero-order valence-electron chi connectivity index (χ0n) is 56.9. The zero-order chi connectivity index (χ0) is 65.2. The summed E-state index contributed by atoms with van der Waals surface area (Å²) in [5, 5.41) is 87.5. The van der Waals surface area contributed by atoms with E-state index in [1.54, 1.807) is 6.08 Å². The first-order valence-electron chi connectivity index (χ1n) is 36.8. The molecule has 14 nitrogen and oxygen atoms in total. The number of aliphatic hydroxyl groups is 8. The Bertz CT molecular complexity index is 1830. The van der Waals surface area contributed by atoms with Crippen molar-refractivity contribution < 1.29 is 64.6 Å². The molecule has 0 spiro atoms. The summed E-state index contributed by atoms with van der Waals surface area (Å²) < 4.78 is 22.9. The van der Waals surface area contributed by atoms with Gasteiger partial charge in [0.05, 0.1) is 32.0 Å². The average Bonchev–Trinajstić information content (AvgIpc) is 1.42. The lowest BCUT2D eigenvalue weighted by Crippen LogP contribution is -2.65. The highest BCUT2D eigenvalue weighted by Crippen LogP contribution is 2.30. The van der Waals surface area contributed by atoms with Gasteiger partial charge in [0.25, 0.3) is 0 Å². The monoisotopic (exact) mass is 1270 g/mol. The largest absolute Gasteiger partial charge is 0.394 e. The van der Waals surface area contributed by atoms with E-state index in [0.717, 1.165) is 64.2 Å². The molecule has 2 rings (SSSR count). The third-order valence-corrected chi connectivity index (χ3v) is 17.6. The number of ether oxygens (including phenoxy) is 4. The molecule has 2 aliphatic rings. The molecule has 0 bridgehead atoms. The maximum absolute atomic E-state index is 13.4. The quantitative estimate of drug-likeness (QED) is 0.0204. The Balaban J connectivity index is 1.67. The maximum Gasteiger partial charge on any atom is 0.220 e. The minimum Gasteiger partial charge on any atom is -0.394 e. The van der Waals surface area contributed by atoms with Gasteiger partial charge in [0.15, 0.2) is 12.6 Å². The van der Waals surface area contributed by atoms with Crippen molar-refractivity contribution in [1.82, 2.24) is 5.32 Å². The Hall–Kier alpha value is -2.83. The molecular weight excluding hydrogens is 1130 g/mol. The predicted octanol–water partition coefficient (Wildman–Crippen LogP) is 15.6. The second kappa shape index (κ2) is 59.9. The van der Waals surface area contributed by atoms with E-state index in [4.69, 9.17) is 18.9 Å². The fourth-order valence-corrected chi connectivity index (χ4v) is 11.7. The molecule has 90 heavy (non-hydrogen) atoms. The summed E-state index contributed by atoms with van der Waals surface area (Å²) >= 11 is 0. The van der Waals surface area contributed by atoms with Crippen molar-refractivity contribution in [2.45, 2.75) is 370 Å². The number of carbonyl (C=O) groups excluding carboxylic acids is 1. The van der Waals surface area contributed by atoms with Crippen molar-refractivity contribution in [3.05, 3.63) is 85.1 Å². The van der Waals surface area contributed by atoms with Crippen LogP contribution in [0, 0.1) is 0 Å². The minimum absolute atomic E-state index is 0.249. The lowest BCUT2D eigenvalue weighted by atomic mass is 9.97. The summed E-state index contributed by atoms with van der Waals surface area (Å²) in [4.78, 5) is 13.4. The van der Waals surface area contributed by atoms with Gasteiger partial charge in [-0.25, -0.2) is 0 Å². The number of hydrogen-bond acceptors (Lipinski definition) is 13. The molecule has 1 amide bonds. The summed E-state index contributed by atoms with van der Waals surface area (Å²) in [5.74, 6) is -0.249. The summed E-state index contributed by atoms with van der Waals surface area (Å²) in [5.41, 5.74) is 0. The summed E-state index contributed by atoms with van der Waals surface area (Å²) in [6.45, 7) is 2.70. The number of unbranched alkanes of at least 4 members (excludes halogenated alkanes) is 35. The lowest BCUT2D eigenvalue weighted by Gasteiger charge is -2.46. The molecule has 0 aliphatic carbocycles. The molecule has 0 aromatic heterocycles. The van der Waals surface area contributed by atoms with E-state index < -0.39 is 86.8 Å². The van der Waals surface area contributed by atoms with E-state index >= 15 is 0 Å². The molecule has 9 N–H and O–H groups in total. The van der Waals surface area contributed by atoms with Crippen molar-refractivity contribution in [2.75, 3.05) is 19.8 Å². The van der Waals surface area contributed by atoms with Crippen LogP contribution in [0.2, 0.25) is 0 Å². The van der Waals surface area contributed by atoms with Gasteiger partial charge in [-0.1, -0.05) is 298 Å². The third kappa shape index (κ3) is 43.2. The molecule has 0 aromatic carbocycles. The van der Waals surface area contributed by atoms with Crippen LogP contribution in [0.25, 0.3) is 0 Å². The van der Waals surface area contributed by atoms with Crippen LogP contribution >= 0.6 is 0 Å². The van der Waals surface area contributed by atoms with E-state index in [9.17, 15) is 45.6 Å². The highest BCUT2D eigenvalue weighted by atomic mass is 16.7. The van der Waals surface area contributed by atoms with Gasteiger partial charge in [-0.3, -0.25) is 4.79 Å². The Morgan fingerprint density at radius 3 is 1.22 bits per heavy atom. The van der Waals surface area contributed by atoms with Crippen molar-refractivity contribution in [2.24, 2.45) is 0 Å². The van der Waals surface area contributed by atoms with Crippen LogP contribution in [0.15, 0.2) is 85.1 Å². The second-order valence-corrected chi connectivity index (χ2v) is 25.7. The molecular formula is C76H135NO13. The second-order valence-electron chi connectivity index (χ2n) is 25.7. The van der Waals surface area contributed by atoms with E-state index in [2.05, 4.69) is 92.1 Å². The Morgan fingerprint density at radius 2 is 0.778 bits per heavy atom. The molecule has 12 atom stereocenters. The van der Waals surface area contributed by atoms with E-state index in [-0.39, 0.29) is 18.9 Å². The van der Waals surface area contributed by atoms with Gasteiger partial charge < -0.3 is 65.1 Å². The Kier molecular flexibility index (Phi) is 55.4. The molecule has 2 fully saturated rings. The predicted molar refractivity (Wildman–Crippen MR) is 369 cm³/mol. The minimum atomic E-state index is -1.79. The van der Waals surface area contributed by atoms with Crippen LogP contribution in [-0.2, 0) is 23.7 Å². The van der Waals surface area contributed by atoms with Crippen LogP contribution < -0.4 is 5.32 Å².